The van der Waals surface area contributed by atoms with Crippen molar-refractivity contribution in [1.29, 1.82) is 0 Å². The zero-order chi connectivity index (χ0) is 21.0. The first-order valence-corrected chi connectivity index (χ1v) is 9.72. The number of pyridine rings is 1. The predicted molar refractivity (Wildman–Crippen MR) is 98.1 cm³/mol. The number of nitrogens with zero attached hydrogens (tertiary/aromatic N) is 1. The van der Waals surface area contributed by atoms with Crippen molar-refractivity contribution >= 4 is 34.6 Å². The van der Waals surface area contributed by atoms with Crippen LogP contribution in [0.5, 0.6) is 0 Å². The van der Waals surface area contributed by atoms with E-state index in [-0.39, 0.29) is 19.0 Å². The quantitative estimate of drug-likeness (QED) is 0.509. The van der Waals surface area contributed by atoms with E-state index in [2.05, 4.69) is 0 Å². The smallest absolute Gasteiger partial charge is 0.343 e. The Bertz CT molecular complexity index is 976. The Hall–Kier alpha value is -2.49. The third-order valence-corrected chi connectivity index (χ3v) is 4.52. The summed E-state index contributed by atoms with van der Waals surface area (Å²) in [7, 11) is 0. The average Bonchev–Trinajstić information content (AvgIpc) is 2.65. The summed E-state index contributed by atoms with van der Waals surface area (Å²) in [6.07, 6.45) is 2.58. The first-order chi connectivity index (χ1) is 13.3. The lowest BCUT2D eigenvalue weighted by atomic mass is 10.1. The van der Waals surface area contributed by atoms with E-state index in [4.69, 9.17) is 9.47 Å². The first kappa shape index (κ1) is 21.8. The molecule has 0 spiro atoms. The molecule has 1 heterocycles. The number of carbonyl (C=O) groups is 2. The molecule has 152 valence electrons. The number of aromatic nitrogens is 1. The maximum absolute atomic E-state index is 14.6. The number of ether oxygens (including phenoxy) is 2. The molecule has 0 aliphatic heterocycles. The number of esters is 2. The van der Waals surface area contributed by atoms with Gasteiger partial charge >= 0.3 is 11.9 Å². The highest BCUT2D eigenvalue weighted by Gasteiger charge is 2.29. The minimum atomic E-state index is -1.80. The molecule has 1 atom stereocenters. The van der Waals surface area contributed by atoms with Crippen LogP contribution < -0.4 is 5.43 Å². The minimum Gasteiger partial charge on any atom is -0.464 e. The lowest BCUT2D eigenvalue weighted by molar-refractivity contribution is -0.146. The van der Waals surface area contributed by atoms with Gasteiger partial charge in [0.1, 0.15) is 11.6 Å². The van der Waals surface area contributed by atoms with Gasteiger partial charge in [0.2, 0.25) is 5.43 Å². The molecule has 0 radical (unpaired) electrons. The highest BCUT2D eigenvalue weighted by atomic mass is 32.2. The van der Waals surface area contributed by atoms with Crippen molar-refractivity contribution in [2.24, 2.45) is 0 Å². The van der Waals surface area contributed by atoms with Crippen LogP contribution in [-0.4, -0.2) is 41.7 Å². The van der Waals surface area contributed by atoms with Crippen molar-refractivity contribution in [3.8, 4) is 0 Å². The molecular weight excluding hydrogens is 399 g/mol. The van der Waals surface area contributed by atoms with Gasteiger partial charge < -0.3 is 14.0 Å². The van der Waals surface area contributed by atoms with Gasteiger partial charge in [-0.2, -0.15) is 11.8 Å². The highest BCUT2D eigenvalue weighted by Crippen LogP contribution is 2.26. The van der Waals surface area contributed by atoms with Gasteiger partial charge in [0.15, 0.2) is 17.5 Å². The number of hydrogen-bond acceptors (Lipinski definition) is 6. The fraction of sp³-hybridized carbons (Fsp3) is 0.389. The minimum absolute atomic E-state index is 0.0258. The van der Waals surface area contributed by atoms with Crippen LogP contribution in [0.15, 0.2) is 17.1 Å². The Morgan fingerprint density at radius 3 is 2.36 bits per heavy atom. The zero-order valence-corrected chi connectivity index (χ0v) is 16.2. The van der Waals surface area contributed by atoms with Crippen molar-refractivity contribution in [2.45, 2.75) is 19.9 Å². The summed E-state index contributed by atoms with van der Waals surface area (Å²) in [5.41, 5.74) is -2.20. The van der Waals surface area contributed by atoms with Gasteiger partial charge in [-0.1, -0.05) is 0 Å². The van der Waals surface area contributed by atoms with E-state index < -0.39 is 57.3 Å². The standard InChI is InChI=1S/C18H18F3NO5S/c1-4-26-17(24)10-7-22(12(8-28-3)18(25)27-5-2)15-9(16(10)23)6-11(19)13(20)14(15)21/h6-7,12H,4-5,8H2,1-3H3. The van der Waals surface area contributed by atoms with E-state index in [1.54, 1.807) is 13.2 Å². The van der Waals surface area contributed by atoms with Crippen LogP contribution in [0.1, 0.15) is 30.2 Å². The van der Waals surface area contributed by atoms with Crippen molar-refractivity contribution in [2.75, 3.05) is 25.2 Å². The number of fused-ring (bicyclic) bond motifs is 1. The molecule has 1 aromatic heterocycles. The van der Waals surface area contributed by atoms with Gasteiger partial charge in [-0.05, 0) is 26.2 Å². The molecule has 0 saturated heterocycles. The van der Waals surface area contributed by atoms with Crippen molar-refractivity contribution in [3.05, 3.63) is 45.5 Å². The van der Waals surface area contributed by atoms with Crippen LogP contribution >= 0.6 is 11.8 Å². The van der Waals surface area contributed by atoms with Gasteiger partial charge in [-0.15, -0.1) is 0 Å². The van der Waals surface area contributed by atoms with E-state index in [9.17, 15) is 27.6 Å². The number of benzene rings is 1. The predicted octanol–water partition coefficient (Wildman–Crippen LogP) is 3.06. The molecule has 1 unspecified atom stereocenters. The highest BCUT2D eigenvalue weighted by molar-refractivity contribution is 7.98. The fourth-order valence-electron chi connectivity index (χ4n) is 2.68. The van der Waals surface area contributed by atoms with Crippen LogP contribution in [0.3, 0.4) is 0 Å². The third-order valence-electron chi connectivity index (χ3n) is 3.87. The second kappa shape index (κ2) is 9.13. The lowest BCUT2D eigenvalue weighted by Crippen LogP contribution is -2.29. The van der Waals surface area contributed by atoms with Crippen LogP contribution in [-0.2, 0) is 14.3 Å². The Morgan fingerprint density at radius 2 is 1.79 bits per heavy atom. The van der Waals surface area contributed by atoms with Crippen molar-refractivity contribution in [3.63, 3.8) is 0 Å². The molecule has 0 fully saturated rings. The van der Waals surface area contributed by atoms with E-state index in [1.165, 1.54) is 18.7 Å². The summed E-state index contributed by atoms with van der Waals surface area (Å²) in [6.45, 7) is 3.06. The summed E-state index contributed by atoms with van der Waals surface area (Å²) >= 11 is 1.20. The molecule has 0 aliphatic rings. The Balaban J connectivity index is 2.93. The molecule has 6 nitrogen and oxygen atoms in total. The Morgan fingerprint density at radius 1 is 1.14 bits per heavy atom. The van der Waals surface area contributed by atoms with Crippen LogP contribution in [0, 0.1) is 17.5 Å². The molecule has 0 N–H and O–H groups in total. The lowest BCUT2D eigenvalue weighted by Gasteiger charge is -2.22. The zero-order valence-electron chi connectivity index (χ0n) is 15.4. The fourth-order valence-corrected chi connectivity index (χ4v) is 3.29. The third kappa shape index (κ3) is 4.01. The summed E-state index contributed by atoms with van der Waals surface area (Å²) < 4.78 is 52.9. The topological polar surface area (TPSA) is 74.6 Å². The van der Waals surface area contributed by atoms with E-state index in [0.717, 1.165) is 10.8 Å². The molecule has 0 aliphatic carbocycles. The summed E-state index contributed by atoms with van der Waals surface area (Å²) in [5.74, 6) is -6.76. The maximum Gasteiger partial charge on any atom is 0.343 e. The summed E-state index contributed by atoms with van der Waals surface area (Å²) in [5, 5.41) is -0.586. The molecule has 0 bridgehead atoms. The first-order valence-electron chi connectivity index (χ1n) is 8.33. The average molecular weight is 417 g/mol. The summed E-state index contributed by atoms with van der Waals surface area (Å²) in [6, 6.07) is -0.693. The maximum atomic E-state index is 14.6. The van der Waals surface area contributed by atoms with Crippen molar-refractivity contribution in [1.82, 2.24) is 4.57 Å². The normalized spacial score (nSPS) is 12.1. The number of halogens is 3. The SMILES string of the molecule is CCOC(=O)c1cn(C(CSC)C(=O)OCC)c2c(F)c(F)c(F)cc2c1=O. The van der Waals surface area contributed by atoms with Gasteiger partial charge in [0, 0.05) is 11.9 Å². The molecule has 2 aromatic rings. The molecule has 10 heteroatoms. The van der Waals surface area contributed by atoms with E-state index >= 15 is 0 Å². The second-order valence-corrected chi connectivity index (χ2v) is 6.52. The van der Waals surface area contributed by atoms with Crippen LogP contribution in [0.25, 0.3) is 10.9 Å². The van der Waals surface area contributed by atoms with Gasteiger partial charge in [-0.25, -0.2) is 22.8 Å². The van der Waals surface area contributed by atoms with Crippen LogP contribution in [0.2, 0.25) is 0 Å². The molecular formula is C18H18F3NO5S. The second-order valence-electron chi connectivity index (χ2n) is 5.61. The van der Waals surface area contributed by atoms with Crippen molar-refractivity contribution < 1.29 is 32.2 Å². The van der Waals surface area contributed by atoms with Crippen LogP contribution in [0.4, 0.5) is 13.2 Å². The molecule has 28 heavy (non-hydrogen) atoms. The van der Waals surface area contributed by atoms with Gasteiger partial charge in [0.05, 0.1) is 24.1 Å². The Labute approximate surface area is 162 Å². The monoisotopic (exact) mass is 417 g/mol. The Kier molecular flexibility index (Phi) is 7.11. The van der Waals surface area contributed by atoms with Gasteiger partial charge in [0.25, 0.3) is 0 Å². The molecule has 2 rings (SSSR count). The molecule has 0 saturated carbocycles. The number of carbonyl (C=O) groups excluding carboxylic acids is 2. The number of thioether (sulfide) groups is 1. The van der Waals surface area contributed by atoms with E-state index in [1.807, 2.05) is 0 Å². The molecule has 0 amide bonds. The number of rotatable bonds is 7. The number of hydrogen-bond donors (Lipinski definition) is 0. The largest absolute Gasteiger partial charge is 0.464 e. The summed E-state index contributed by atoms with van der Waals surface area (Å²) in [4.78, 5) is 37.1. The van der Waals surface area contributed by atoms with Gasteiger partial charge in [-0.3, -0.25) is 4.79 Å². The van der Waals surface area contributed by atoms with E-state index in [0.29, 0.717) is 6.07 Å². The molecule has 1 aromatic carbocycles.